The molecule has 2 heterocycles. The molecule has 6 heteroatoms. The summed E-state index contributed by atoms with van der Waals surface area (Å²) in [4.78, 5) is 20.0. The van der Waals surface area contributed by atoms with Gasteiger partial charge in [-0.15, -0.1) is 4.99 Å². The van der Waals surface area contributed by atoms with E-state index in [9.17, 15) is 4.79 Å². The molecule has 0 aliphatic carbocycles. The molecule has 0 radical (unpaired) electrons. The molecule has 1 aromatic carbocycles. The maximum Gasteiger partial charge on any atom is 0.436 e. The summed E-state index contributed by atoms with van der Waals surface area (Å²) in [6.45, 7) is 4.10. The van der Waals surface area contributed by atoms with Gasteiger partial charge in [-0.1, -0.05) is 18.2 Å². The zero-order valence-corrected chi connectivity index (χ0v) is 12.0. The fraction of sp³-hybridized carbons (Fsp3) is 0.214. The van der Waals surface area contributed by atoms with Crippen molar-refractivity contribution < 1.29 is 9.53 Å². The zero-order chi connectivity index (χ0) is 14.1. The largest absolute Gasteiger partial charge is 0.448 e. The maximum absolute atomic E-state index is 11.4. The first-order valence-electron chi connectivity index (χ1n) is 6.29. The SMILES string of the molecule is CCOC(=O)/N=c1/nc2cc(C)c3ccccc3n2s1. The van der Waals surface area contributed by atoms with Crippen molar-refractivity contribution in [1.82, 2.24) is 8.77 Å². The van der Waals surface area contributed by atoms with Crippen LogP contribution in [0.25, 0.3) is 16.6 Å². The summed E-state index contributed by atoms with van der Waals surface area (Å²) >= 11 is 1.33. The van der Waals surface area contributed by atoms with E-state index >= 15 is 0 Å². The van der Waals surface area contributed by atoms with Crippen molar-refractivity contribution in [3.8, 4) is 0 Å². The Bertz CT molecular complexity index is 864. The number of amides is 1. The summed E-state index contributed by atoms with van der Waals surface area (Å²) in [6, 6.07) is 10.1. The first kappa shape index (κ1) is 12.8. The number of aryl methyl sites for hydroxylation is 1. The highest BCUT2D eigenvalue weighted by atomic mass is 32.1. The summed E-state index contributed by atoms with van der Waals surface area (Å²) in [7, 11) is 0. The van der Waals surface area contributed by atoms with Crippen LogP contribution in [0.3, 0.4) is 0 Å². The van der Waals surface area contributed by atoms with E-state index < -0.39 is 6.09 Å². The van der Waals surface area contributed by atoms with Crippen molar-refractivity contribution in [1.29, 1.82) is 0 Å². The number of rotatable bonds is 1. The van der Waals surface area contributed by atoms with Crippen LogP contribution in [0.15, 0.2) is 35.3 Å². The van der Waals surface area contributed by atoms with Gasteiger partial charge in [0.2, 0.25) is 4.80 Å². The molecule has 0 N–H and O–H groups in total. The van der Waals surface area contributed by atoms with E-state index in [1.807, 2.05) is 35.0 Å². The summed E-state index contributed by atoms with van der Waals surface area (Å²) in [5, 5.41) is 1.16. The first-order chi connectivity index (χ1) is 9.69. The van der Waals surface area contributed by atoms with Crippen molar-refractivity contribution in [2.24, 2.45) is 4.99 Å². The Labute approximate surface area is 119 Å². The van der Waals surface area contributed by atoms with Gasteiger partial charge in [0.25, 0.3) is 0 Å². The van der Waals surface area contributed by atoms with Crippen molar-refractivity contribution in [2.45, 2.75) is 13.8 Å². The second-order valence-electron chi connectivity index (χ2n) is 4.29. The van der Waals surface area contributed by atoms with Gasteiger partial charge < -0.3 is 4.74 Å². The smallest absolute Gasteiger partial charge is 0.436 e. The van der Waals surface area contributed by atoms with Crippen molar-refractivity contribution >= 4 is 34.2 Å². The molecule has 0 saturated carbocycles. The van der Waals surface area contributed by atoms with Crippen LogP contribution in [-0.2, 0) is 4.74 Å². The minimum atomic E-state index is -0.604. The van der Waals surface area contributed by atoms with Gasteiger partial charge >= 0.3 is 6.09 Å². The van der Waals surface area contributed by atoms with Gasteiger partial charge in [0, 0.05) is 5.39 Å². The topological polar surface area (TPSA) is 56.0 Å². The van der Waals surface area contributed by atoms with Crippen LogP contribution in [0.5, 0.6) is 0 Å². The number of nitrogens with zero attached hydrogens (tertiary/aromatic N) is 3. The molecule has 0 unspecified atom stereocenters. The summed E-state index contributed by atoms with van der Waals surface area (Å²) < 4.78 is 6.78. The van der Waals surface area contributed by atoms with Gasteiger partial charge in [-0.3, -0.25) is 0 Å². The lowest BCUT2D eigenvalue weighted by Gasteiger charge is -2.03. The molecule has 3 rings (SSSR count). The van der Waals surface area contributed by atoms with Crippen LogP contribution in [0.2, 0.25) is 0 Å². The average Bonchev–Trinajstić information content (AvgIpc) is 2.82. The molecule has 3 aromatic rings. The van der Waals surface area contributed by atoms with E-state index in [0.29, 0.717) is 11.4 Å². The van der Waals surface area contributed by atoms with E-state index in [1.54, 1.807) is 6.92 Å². The number of pyridine rings is 1. The summed E-state index contributed by atoms with van der Waals surface area (Å²) in [6.07, 6.45) is -0.604. The Morgan fingerprint density at radius 2 is 2.25 bits per heavy atom. The number of benzene rings is 1. The zero-order valence-electron chi connectivity index (χ0n) is 11.2. The third-order valence-corrected chi connectivity index (χ3v) is 3.85. The second-order valence-corrected chi connectivity index (χ2v) is 5.21. The van der Waals surface area contributed by atoms with Gasteiger partial charge in [0.05, 0.1) is 12.1 Å². The number of aromatic nitrogens is 2. The van der Waals surface area contributed by atoms with Crippen LogP contribution in [0, 0.1) is 6.92 Å². The molecule has 2 aromatic heterocycles. The summed E-state index contributed by atoms with van der Waals surface area (Å²) in [5.41, 5.74) is 2.99. The predicted molar refractivity (Wildman–Crippen MR) is 77.9 cm³/mol. The van der Waals surface area contributed by atoms with E-state index in [0.717, 1.165) is 22.1 Å². The average molecular weight is 287 g/mol. The third-order valence-electron chi connectivity index (χ3n) is 2.94. The molecule has 0 atom stereocenters. The Hall–Kier alpha value is -2.21. The van der Waals surface area contributed by atoms with Crippen LogP contribution in [0.1, 0.15) is 12.5 Å². The van der Waals surface area contributed by atoms with Crippen LogP contribution in [-0.4, -0.2) is 21.5 Å². The first-order valence-corrected chi connectivity index (χ1v) is 7.06. The fourth-order valence-electron chi connectivity index (χ4n) is 2.09. The standard InChI is InChI=1S/C14H13N3O2S/c1-3-19-14(18)16-13-15-12-8-9(2)10-6-4-5-7-11(10)17(12)20-13/h4-8H,3H2,1-2H3/b16-13-. The quantitative estimate of drug-likeness (QED) is 0.691. The van der Waals surface area contributed by atoms with E-state index in [2.05, 4.69) is 16.0 Å². The van der Waals surface area contributed by atoms with E-state index in [1.165, 1.54) is 11.5 Å². The Kier molecular flexibility index (Phi) is 3.23. The molecule has 0 aliphatic heterocycles. The van der Waals surface area contributed by atoms with Gasteiger partial charge in [-0.2, -0.15) is 4.98 Å². The molecular weight excluding hydrogens is 274 g/mol. The Balaban J connectivity index is 2.26. The molecular formula is C14H13N3O2S. The molecule has 20 heavy (non-hydrogen) atoms. The molecule has 102 valence electrons. The van der Waals surface area contributed by atoms with E-state index in [-0.39, 0.29) is 0 Å². The lowest BCUT2D eigenvalue weighted by Crippen LogP contribution is -2.06. The molecule has 0 fully saturated rings. The summed E-state index contributed by atoms with van der Waals surface area (Å²) in [5.74, 6) is 0. The highest BCUT2D eigenvalue weighted by Crippen LogP contribution is 2.20. The number of ether oxygens (including phenoxy) is 1. The number of para-hydroxylation sites is 1. The monoisotopic (exact) mass is 287 g/mol. The third kappa shape index (κ3) is 2.18. The maximum atomic E-state index is 11.4. The molecule has 0 bridgehead atoms. The Morgan fingerprint density at radius 3 is 3.05 bits per heavy atom. The second kappa shape index (κ2) is 5.05. The Morgan fingerprint density at radius 1 is 1.45 bits per heavy atom. The van der Waals surface area contributed by atoms with Crippen molar-refractivity contribution in [2.75, 3.05) is 6.61 Å². The molecule has 1 amide bonds. The lowest BCUT2D eigenvalue weighted by molar-refractivity contribution is 0.162. The number of fused-ring (bicyclic) bond motifs is 3. The fourth-order valence-corrected chi connectivity index (χ4v) is 2.95. The number of carbonyl (C=O) groups is 1. The normalized spacial score (nSPS) is 12.2. The van der Waals surface area contributed by atoms with Crippen LogP contribution >= 0.6 is 11.5 Å². The lowest BCUT2D eigenvalue weighted by atomic mass is 10.1. The van der Waals surface area contributed by atoms with Gasteiger partial charge in [-0.25, -0.2) is 8.58 Å². The molecule has 0 aliphatic rings. The highest BCUT2D eigenvalue weighted by Gasteiger charge is 2.07. The molecule has 0 saturated heterocycles. The minimum Gasteiger partial charge on any atom is -0.448 e. The van der Waals surface area contributed by atoms with Gasteiger partial charge in [-0.05, 0) is 43.1 Å². The van der Waals surface area contributed by atoms with E-state index in [4.69, 9.17) is 4.74 Å². The minimum absolute atomic E-state index is 0.308. The van der Waals surface area contributed by atoms with Crippen LogP contribution in [0.4, 0.5) is 4.79 Å². The number of hydrogen-bond acceptors (Lipinski definition) is 4. The van der Waals surface area contributed by atoms with Gasteiger partial charge in [0.15, 0.2) is 0 Å². The highest BCUT2D eigenvalue weighted by molar-refractivity contribution is 7.04. The van der Waals surface area contributed by atoms with Gasteiger partial charge in [0.1, 0.15) is 5.65 Å². The van der Waals surface area contributed by atoms with Crippen molar-refractivity contribution in [3.05, 3.63) is 40.7 Å². The number of carbonyl (C=O) groups excluding carboxylic acids is 1. The number of hydrogen-bond donors (Lipinski definition) is 0. The predicted octanol–water partition coefficient (Wildman–Crippen LogP) is 2.91. The van der Waals surface area contributed by atoms with Crippen LogP contribution < -0.4 is 4.80 Å². The van der Waals surface area contributed by atoms with Crippen molar-refractivity contribution in [3.63, 3.8) is 0 Å². The molecule has 5 nitrogen and oxygen atoms in total. The molecule has 0 spiro atoms.